The number of nitrogens with one attached hydrogen (secondary N) is 1. The normalized spacial score (nSPS) is 12.2. The van der Waals surface area contributed by atoms with Crippen molar-refractivity contribution in [2.24, 2.45) is 0 Å². The van der Waals surface area contributed by atoms with E-state index >= 15 is 0 Å². The molecule has 1 aromatic rings. The SMILES string of the molecule is CCCCCC(C)NC(=O)c1cccc(Cl)c1N. The van der Waals surface area contributed by atoms with E-state index in [0.717, 1.165) is 12.8 Å². The number of hydrogen-bond acceptors (Lipinski definition) is 2. The summed E-state index contributed by atoms with van der Waals surface area (Å²) in [7, 11) is 0. The lowest BCUT2D eigenvalue weighted by Crippen LogP contribution is -2.33. The van der Waals surface area contributed by atoms with E-state index in [-0.39, 0.29) is 11.9 Å². The molecule has 0 aliphatic rings. The van der Waals surface area contributed by atoms with Crippen molar-refractivity contribution in [1.29, 1.82) is 0 Å². The average molecular weight is 269 g/mol. The highest BCUT2D eigenvalue weighted by Crippen LogP contribution is 2.22. The lowest BCUT2D eigenvalue weighted by Gasteiger charge is -2.14. The van der Waals surface area contributed by atoms with Crippen LogP contribution in [0.4, 0.5) is 5.69 Å². The fourth-order valence-electron chi connectivity index (χ4n) is 1.81. The first kappa shape index (κ1) is 14.8. The minimum atomic E-state index is -0.154. The van der Waals surface area contributed by atoms with Crippen LogP contribution in [0, 0.1) is 0 Å². The van der Waals surface area contributed by atoms with Crippen molar-refractivity contribution >= 4 is 23.2 Å². The molecule has 0 heterocycles. The van der Waals surface area contributed by atoms with Crippen LogP contribution in [0.5, 0.6) is 0 Å². The highest BCUT2D eigenvalue weighted by atomic mass is 35.5. The van der Waals surface area contributed by atoms with E-state index < -0.39 is 0 Å². The van der Waals surface area contributed by atoms with Gasteiger partial charge in [0.1, 0.15) is 0 Å². The lowest BCUT2D eigenvalue weighted by molar-refractivity contribution is 0.0939. The van der Waals surface area contributed by atoms with Crippen molar-refractivity contribution in [2.45, 2.75) is 45.6 Å². The number of anilines is 1. The summed E-state index contributed by atoms with van der Waals surface area (Å²) in [6.07, 6.45) is 4.49. The van der Waals surface area contributed by atoms with Gasteiger partial charge in [-0.25, -0.2) is 0 Å². The second-order valence-electron chi connectivity index (χ2n) is 4.57. The molecule has 0 saturated carbocycles. The number of carbonyl (C=O) groups excluding carboxylic acids is 1. The molecule has 1 amide bonds. The van der Waals surface area contributed by atoms with Crippen LogP contribution in [0.15, 0.2) is 18.2 Å². The quantitative estimate of drug-likeness (QED) is 0.612. The number of para-hydroxylation sites is 1. The van der Waals surface area contributed by atoms with Crippen LogP contribution in [0.2, 0.25) is 5.02 Å². The Labute approximate surface area is 114 Å². The molecule has 1 aromatic carbocycles. The molecule has 100 valence electrons. The van der Waals surface area contributed by atoms with Crippen LogP contribution in [-0.4, -0.2) is 11.9 Å². The fourth-order valence-corrected chi connectivity index (χ4v) is 1.98. The van der Waals surface area contributed by atoms with Crippen LogP contribution in [0.25, 0.3) is 0 Å². The number of hydrogen-bond donors (Lipinski definition) is 2. The summed E-state index contributed by atoms with van der Waals surface area (Å²) < 4.78 is 0. The van der Waals surface area contributed by atoms with Crippen molar-refractivity contribution in [3.05, 3.63) is 28.8 Å². The van der Waals surface area contributed by atoms with Gasteiger partial charge in [-0.2, -0.15) is 0 Å². The molecule has 0 aliphatic heterocycles. The summed E-state index contributed by atoms with van der Waals surface area (Å²) in [4.78, 5) is 12.0. The molecule has 0 spiro atoms. The summed E-state index contributed by atoms with van der Waals surface area (Å²) >= 11 is 5.89. The third kappa shape index (κ3) is 4.22. The molecule has 0 aliphatic carbocycles. The largest absolute Gasteiger partial charge is 0.397 e. The van der Waals surface area contributed by atoms with Crippen molar-refractivity contribution in [1.82, 2.24) is 5.32 Å². The monoisotopic (exact) mass is 268 g/mol. The Morgan fingerprint density at radius 2 is 2.17 bits per heavy atom. The molecule has 18 heavy (non-hydrogen) atoms. The van der Waals surface area contributed by atoms with Gasteiger partial charge in [0.25, 0.3) is 5.91 Å². The van der Waals surface area contributed by atoms with E-state index in [2.05, 4.69) is 12.2 Å². The maximum absolute atomic E-state index is 12.0. The van der Waals surface area contributed by atoms with Gasteiger partial charge in [0.05, 0.1) is 16.3 Å². The number of nitrogens with two attached hydrogens (primary N) is 1. The predicted octanol–water partition coefficient (Wildman–Crippen LogP) is 3.62. The topological polar surface area (TPSA) is 55.1 Å². The van der Waals surface area contributed by atoms with Gasteiger partial charge >= 0.3 is 0 Å². The molecule has 0 bridgehead atoms. The van der Waals surface area contributed by atoms with Gasteiger partial charge in [0.15, 0.2) is 0 Å². The number of unbranched alkanes of at least 4 members (excludes halogenated alkanes) is 2. The first-order valence-corrected chi connectivity index (χ1v) is 6.79. The van der Waals surface area contributed by atoms with Crippen LogP contribution < -0.4 is 11.1 Å². The van der Waals surface area contributed by atoms with Crippen molar-refractivity contribution in [3.8, 4) is 0 Å². The minimum absolute atomic E-state index is 0.154. The smallest absolute Gasteiger partial charge is 0.253 e. The molecule has 1 atom stereocenters. The third-order valence-electron chi connectivity index (χ3n) is 2.92. The van der Waals surface area contributed by atoms with Gasteiger partial charge in [-0.05, 0) is 25.5 Å². The zero-order valence-corrected chi connectivity index (χ0v) is 11.8. The molecule has 1 unspecified atom stereocenters. The Balaban J connectivity index is 2.57. The highest BCUT2D eigenvalue weighted by Gasteiger charge is 2.13. The second kappa shape index (κ2) is 7.27. The van der Waals surface area contributed by atoms with Crippen molar-refractivity contribution in [2.75, 3.05) is 5.73 Å². The Morgan fingerprint density at radius 1 is 1.44 bits per heavy atom. The fraction of sp³-hybridized carbons (Fsp3) is 0.500. The molecule has 0 aromatic heterocycles. The summed E-state index contributed by atoms with van der Waals surface area (Å²) in [5, 5.41) is 3.36. The standard InChI is InChI=1S/C14H21ClN2O/c1-3-4-5-7-10(2)17-14(18)11-8-6-9-12(15)13(11)16/h6,8-10H,3-5,7,16H2,1-2H3,(H,17,18). The van der Waals surface area contributed by atoms with E-state index in [1.165, 1.54) is 12.8 Å². The van der Waals surface area contributed by atoms with Gasteiger partial charge in [-0.3, -0.25) is 4.79 Å². The zero-order chi connectivity index (χ0) is 13.5. The van der Waals surface area contributed by atoms with Crippen molar-refractivity contribution in [3.63, 3.8) is 0 Å². The molecule has 0 saturated heterocycles. The molecule has 0 fully saturated rings. The van der Waals surface area contributed by atoms with Crippen LogP contribution in [0.3, 0.4) is 0 Å². The first-order chi connectivity index (χ1) is 8.56. The molecule has 1 rings (SSSR count). The Bertz CT molecular complexity index is 407. The number of halogens is 1. The van der Waals surface area contributed by atoms with Crippen LogP contribution in [-0.2, 0) is 0 Å². The van der Waals surface area contributed by atoms with Gasteiger partial charge in [-0.15, -0.1) is 0 Å². The van der Waals surface area contributed by atoms with E-state index in [0.29, 0.717) is 16.3 Å². The summed E-state index contributed by atoms with van der Waals surface area (Å²) in [5.41, 5.74) is 6.58. The molecular formula is C14H21ClN2O. The molecule has 3 N–H and O–H groups in total. The van der Waals surface area contributed by atoms with Gasteiger partial charge in [0.2, 0.25) is 0 Å². The number of amides is 1. The molecule has 3 nitrogen and oxygen atoms in total. The van der Waals surface area contributed by atoms with Gasteiger partial charge in [0, 0.05) is 6.04 Å². The van der Waals surface area contributed by atoms with Crippen molar-refractivity contribution < 1.29 is 4.79 Å². The number of carbonyl (C=O) groups is 1. The van der Waals surface area contributed by atoms with E-state index in [9.17, 15) is 4.79 Å². The number of benzene rings is 1. The summed E-state index contributed by atoms with van der Waals surface area (Å²) in [6, 6.07) is 5.26. The lowest BCUT2D eigenvalue weighted by atomic mass is 10.1. The predicted molar refractivity (Wildman–Crippen MR) is 76.9 cm³/mol. The summed E-state index contributed by atoms with van der Waals surface area (Å²) in [5.74, 6) is -0.154. The maximum Gasteiger partial charge on any atom is 0.253 e. The summed E-state index contributed by atoms with van der Waals surface area (Å²) in [6.45, 7) is 4.17. The third-order valence-corrected chi connectivity index (χ3v) is 3.25. The van der Waals surface area contributed by atoms with Crippen LogP contribution >= 0.6 is 11.6 Å². The van der Waals surface area contributed by atoms with E-state index in [1.54, 1.807) is 18.2 Å². The zero-order valence-electron chi connectivity index (χ0n) is 11.0. The molecule has 0 radical (unpaired) electrons. The molecular weight excluding hydrogens is 248 g/mol. The minimum Gasteiger partial charge on any atom is -0.397 e. The number of nitrogen functional groups attached to an aromatic ring is 1. The van der Waals surface area contributed by atoms with Gasteiger partial charge < -0.3 is 11.1 Å². The maximum atomic E-state index is 12.0. The second-order valence-corrected chi connectivity index (χ2v) is 4.98. The average Bonchev–Trinajstić information content (AvgIpc) is 2.32. The van der Waals surface area contributed by atoms with E-state index in [1.807, 2.05) is 6.92 Å². The molecule has 4 heteroatoms. The first-order valence-electron chi connectivity index (χ1n) is 6.41. The number of rotatable bonds is 6. The van der Waals surface area contributed by atoms with E-state index in [4.69, 9.17) is 17.3 Å². The van der Waals surface area contributed by atoms with Gasteiger partial charge in [-0.1, -0.05) is 43.9 Å². The Hall–Kier alpha value is -1.22. The highest BCUT2D eigenvalue weighted by molar-refractivity contribution is 6.33. The van der Waals surface area contributed by atoms with Crippen LogP contribution in [0.1, 0.15) is 49.9 Å². The Kier molecular flexibility index (Phi) is 5.99. The Morgan fingerprint density at radius 3 is 2.83 bits per heavy atom.